The Morgan fingerprint density at radius 3 is 2.54 bits per heavy atom. The Morgan fingerprint density at radius 1 is 1.17 bits per heavy atom. The quantitative estimate of drug-likeness (QED) is 0.763. The Kier molecular flexibility index (Phi) is 6.44. The maximum absolute atomic E-state index is 12.1. The van der Waals surface area contributed by atoms with Crippen LogP contribution in [0.25, 0.3) is 0 Å². The summed E-state index contributed by atoms with van der Waals surface area (Å²) in [6, 6.07) is 12.1. The van der Waals surface area contributed by atoms with Crippen LogP contribution in [0.3, 0.4) is 0 Å². The van der Waals surface area contributed by atoms with Crippen molar-refractivity contribution in [2.45, 2.75) is 40.2 Å². The number of carbonyl (C=O) groups is 1. The molecule has 1 atom stereocenters. The molecule has 0 saturated heterocycles. The molecule has 0 aromatic heterocycles. The van der Waals surface area contributed by atoms with Gasteiger partial charge >= 0.3 is 0 Å². The van der Waals surface area contributed by atoms with E-state index >= 15 is 0 Å². The average Bonchev–Trinajstić information content (AvgIpc) is 2.56. The standard InChI is InChI=1S/C20H24BrNO2/c1-5-16-7-9-19(18(21)11-16)24-12-20(23)22-15(4)17-8-6-13(2)14(3)10-17/h6-11,15H,5,12H2,1-4H3,(H,22,23)/t15-/m0/s1. The van der Waals surface area contributed by atoms with Gasteiger partial charge in [-0.15, -0.1) is 0 Å². The lowest BCUT2D eigenvalue weighted by molar-refractivity contribution is -0.123. The van der Waals surface area contributed by atoms with Gasteiger partial charge in [-0.1, -0.05) is 31.2 Å². The first kappa shape index (κ1) is 18.5. The van der Waals surface area contributed by atoms with Crippen molar-refractivity contribution in [2.75, 3.05) is 6.61 Å². The largest absolute Gasteiger partial charge is 0.483 e. The van der Waals surface area contributed by atoms with Crippen LogP contribution >= 0.6 is 15.9 Å². The molecule has 0 heterocycles. The molecule has 0 fully saturated rings. The monoisotopic (exact) mass is 389 g/mol. The second-order valence-corrected chi connectivity index (χ2v) is 6.89. The van der Waals surface area contributed by atoms with Gasteiger partial charge in [-0.25, -0.2) is 0 Å². The fraction of sp³-hybridized carbons (Fsp3) is 0.350. The first-order valence-corrected chi connectivity index (χ1v) is 8.97. The molecule has 0 aliphatic carbocycles. The van der Waals surface area contributed by atoms with Crippen LogP contribution in [0.5, 0.6) is 5.75 Å². The summed E-state index contributed by atoms with van der Waals surface area (Å²) >= 11 is 3.48. The van der Waals surface area contributed by atoms with Crippen molar-refractivity contribution in [3.05, 3.63) is 63.1 Å². The highest BCUT2D eigenvalue weighted by atomic mass is 79.9. The fourth-order valence-corrected chi connectivity index (χ4v) is 2.97. The molecular formula is C20H24BrNO2. The molecule has 1 amide bonds. The van der Waals surface area contributed by atoms with Crippen molar-refractivity contribution >= 4 is 21.8 Å². The zero-order valence-electron chi connectivity index (χ0n) is 14.7. The van der Waals surface area contributed by atoms with Crippen LogP contribution in [0.2, 0.25) is 0 Å². The minimum absolute atomic E-state index is 0.000739. The molecular weight excluding hydrogens is 366 g/mol. The lowest BCUT2D eigenvalue weighted by atomic mass is 10.0. The molecule has 2 rings (SSSR count). The molecule has 0 unspecified atom stereocenters. The Hall–Kier alpha value is -1.81. The molecule has 1 N–H and O–H groups in total. The van der Waals surface area contributed by atoms with E-state index in [0.717, 1.165) is 16.5 Å². The van der Waals surface area contributed by atoms with E-state index in [2.05, 4.69) is 54.2 Å². The molecule has 2 aromatic carbocycles. The van der Waals surface area contributed by atoms with Crippen LogP contribution in [0, 0.1) is 13.8 Å². The molecule has 4 heteroatoms. The lowest BCUT2D eigenvalue weighted by Crippen LogP contribution is -2.31. The third-order valence-corrected chi connectivity index (χ3v) is 4.79. The van der Waals surface area contributed by atoms with Gasteiger partial charge < -0.3 is 10.1 Å². The summed E-state index contributed by atoms with van der Waals surface area (Å²) in [5.41, 5.74) is 4.80. The maximum Gasteiger partial charge on any atom is 0.258 e. The van der Waals surface area contributed by atoms with E-state index in [1.165, 1.54) is 16.7 Å². The van der Waals surface area contributed by atoms with Gasteiger partial charge in [-0.2, -0.15) is 0 Å². The first-order valence-electron chi connectivity index (χ1n) is 8.18. The van der Waals surface area contributed by atoms with Crippen LogP contribution < -0.4 is 10.1 Å². The fourth-order valence-electron chi connectivity index (χ4n) is 2.43. The number of halogens is 1. The molecule has 0 aliphatic heterocycles. The summed E-state index contributed by atoms with van der Waals surface area (Å²) in [6.45, 7) is 8.24. The van der Waals surface area contributed by atoms with E-state index in [9.17, 15) is 4.79 Å². The molecule has 0 aliphatic rings. The number of nitrogens with one attached hydrogen (secondary N) is 1. The van der Waals surface area contributed by atoms with Crippen LogP contribution in [0.1, 0.15) is 42.1 Å². The van der Waals surface area contributed by atoms with E-state index in [1.54, 1.807) is 0 Å². The predicted molar refractivity (Wildman–Crippen MR) is 101 cm³/mol. The number of amides is 1. The second kappa shape index (κ2) is 8.34. The molecule has 2 aromatic rings. The van der Waals surface area contributed by atoms with Crippen molar-refractivity contribution in [3.8, 4) is 5.75 Å². The van der Waals surface area contributed by atoms with E-state index in [-0.39, 0.29) is 18.6 Å². The summed E-state index contributed by atoms with van der Waals surface area (Å²) in [4.78, 5) is 12.1. The van der Waals surface area contributed by atoms with Gasteiger partial charge in [0, 0.05) is 0 Å². The third-order valence-electron chi connectivity index (χ3n) is 4.17. The van der Waals surface area contributed by atoms with Crippen molar-refractivity contribution in [1.82, 2.24) is 5.32 Å². The number of hydrogen-bond acceptors (Lipinski definition) is 2. The highest BCUT2D eigenvalue weighted by Crippen LogP contribution is 2.26. The SMILES string of the molecule is CCc1ccc(OCC(=O)N[C@@H](C)c2ccc(C)c(C)c2)c(Br)c1. The minimum Gasteiger partial charge on any atom is -0.483 e. The average molecular weight is 390 g/mol. The third kappa shape index (κ3) is 4.84. The first-order chi connectivity index (χ1) is 11.4. The highest BCUT2D eigenvalue weighted by molar-refractivity contribution is 9.10. The topological polar surface area (TPSA) is 38.3 Å². The summed E-state index contributed by atoms with van der Waals surface area (Å²) in [5, 5.41) is 2.98. The van der Waals surface area contributed by atoms with E-state index in [4.69, 9.17) is 4.74 Å². The molecule has 0 spiro atoms. The van der Waals surface area contributed by atoms with Crippen molar-refractivity contribution in [3.63, 3.8) is 0 Å². The molecule has 24 heavy (non-hydrogen) atoms. The zero-order chi connectivity index (χ0) is 17.7. The zero-order valence-corrected chi connectivity index (χ0v) is 16.2. The number of benzene rings is 2. The highest BCUT2D eigenvalue weighted by Gasteiger charge is 2.12. The predicted octanol–water partition coefficient (Wildman–Crippen LogP) is 4.88. The molecule has 0 radical (unpaired) electrons. The second-order valence-electron chi connectivity index (χ2n) is 6.04. The summed E-state index contributed by atoms with van der Waals surface area (Å²) in [7, 11) is 0. The summed E-state index contributed by atoms with van der Waals surface area (Å²) in [6.07, 6.45) is 0.965. The Bertz CT molecular complexity index is 728. The van der Waals surface area contributed by atoms with Gasteiger partial charge in [-0.3, -0.25) is 4.79 Å². The number of ether oxygens (including phenoxy) is 1. The number of hydrogen-bond donors (Lipinski definition) is 1. The van der Waals surface area contributed by atoms with Gasteiger partial charge in [0.15, 0.2) is 6.61 Å². The Morgan fingerprint density at radius 2 is 1.92 bits per heavy atom. The van der Waals surface area contributed by atoms with Crippen LogP contribution in [-0.2, 0) is 11.2 Å². The van der Waals surface area contributed by atoms with Crippen molar-refractivity contribution in [2.24, 2.45) is 0 Å². The molecule has 0 saturated carbocycles. The normalized spacial score (nSPS) is 11.9. The van der Waals surface area contributed by atoms with Crippen molar-refractivity contribution in [1.29, 1.82) is 0 Å². The molecule has 128 valence electrons. The smallest absolute Gasteiger partial charge is 0.258 e. The maximum atomic E-state index is 12.1. The Labute approximate surface area is 152 Å². The molecule has 3 nitrogen and oxygen atoms in total. The van der Waals surface area contributed by atoms with E-state index in [1.807, 2.05) is 31.2 Å². The van der Waals surface area contributed by atoms with Gasteiger partial charge in [0.1, 0.15) is 5.75 Å². The number of aryl methyl sites for hydroxylation is 3. The van der Waals surface area contributed by atoms with Crippen LogP contribution in [0.15, 0.2) is 40.9 Å². The summed E-state index contributed by atoms with van der Waals surface area (Å²) < 4.78 is 6.49. The van der Waals surface area contributed by atoms with Gasteiger partial charge in [-0.05, 0) is 77.5 Å². The van der Waals surface area contributed by atoms with Gasteiger partial charge in [0.2, 0.25) is 0 Å². The summed E-state index contributed by atoms with van der Waals surface area (Å²) in [5.74, 6) is 0.549. The Balaban J connectivity index is 1.92. The van der Waals surface area contributed by atoms with E-state index in [0.29, 0.717) is 5.75 Å². The lowest BCUT2D eigenvalue weighted by Gasteiger charge is -2.16. The van der Waals surface area contributed by atoms with Crippen molar-refractivity contribution < 1.29 is 9.53 Å². The van der Waals surface area contributed by atoms with Crippen LogP contribution in [-0.4, -0.2) is 12.5 Å². The van der Waals surface area contributed by atoms with Gasteiger partial charge in [0.05, 0.1) is 10.5 Å². The number of rotatable bonds is 6. The molecule has 0 bridgehead atoms. The minimum atomic E-state index is -0.132. The van der Waals surface area contributed by atoms with E-state index < -0.39 is 0 Å². The van der Waals surface area contributed by atoms with Gasteiger partial charge in [0.25, 0.3) is 5.91 Å². The number of carbonyl (C=O) groups excluding carboxylic acids is 1. The van der Waals surface area contributed by atoms with Crippen LogP contribution in [0.4, 0.5) is 0 Å².